The van der Waals surface area contributed by atoms with E-state index in [0.717, 1.165) is 35.9 Å². The Kier molecular flexibility index (Phi) is 5.03. The van der Waals surface area contributed by atoms with Crippen LogP contribution in [0.15, 0.2) is 16.9 Å². The second-order valence-corrected chi connectivity index (χ2v) is 6.88. The minimum absolute atomic E-state index is 0.223. The van der Waals surface area contributed by atoms with Crippen LogP contribution in [0.3, 0.4) is 0 Å². The van der Waals surface area contributed by atoms with E-state index in [1.165, 1.54) is 17.5 Å². The molecule has 0 aliphatic rings. The van der Waals surface area contributed by atoms with E-state index in [0.29, 0.717) is 5.92 Å². The van der Waals surface area contributed by atoms with Crippen molar-refractivity contribution in [1.29, 1.82) is 0 Å². The average molecular weight is 291 g/mol. The van der Waals surface area contributed by atoms with Crippen molar-refractivity contribution in [2.75, 3.05) is 0 Å². The molecule has 2 rings (SSSR count). The topological polar surface area (TPSA) is 22.0 Å². The molecule has 0 aliphatic carbocycles. The van der Waals surface area contributed by atoms with Crippen LogP contribution < -0.4 is 5.56 Å². The van der Waals surface area contributed by atoms with Crippen molar-refractivity contribution in [1.82, 2.24) is 3.96 Å². The highest BCUT2D eigenvalue weighted by molar-refractivity contribution is 7.13. The summed E-state index contributed by atoms with van der Waals surface area (Å²) in [5.41, 5.74) is 2.80. The first-order valence-corrected chi connectivity index (χ1v) is 8.50. The Labute approximate surface area is 125 Å². The standard InChI is InChI=1S/C17H25NOS/c1-5-13-9-10-15-16(14(13)6-2)17(19)18(20-15)11-7-8-12(3)4/h9-10,12H,5-8,11H2,1-4H3. The van der Waals surface area contributed by atoms with Crippen LogP contribution >= 0.6 is 11.5 Å². The van der Waals surface area contributed by atoms with Gasteiger partial charge in [-0.1, -0.05) is 45.3 Å². The Morgan fingerprint density at radius 1 is 1.20 bits per heavy atom. The molecule has 2 nitrogen and oxygen atoms in total. The molecule has 0 unspecified atom stereocenters. The highest BCUT2D eigenvalue weighted by Crippen LogP contribution is 2.25. The molecule has 1 aromatic carbocycles. The highest BCUT2D eigenvalue weighted by atomic mass is 32.1. The number of aryl methyl sites for hydroxylation is 3. The molecule has 0 saturated heterocycles. The number of hydrogen-bond donors (Lipinski definition) is 0. The van der Waals surface area contributed by atoms with Gasteiger partial charge in [-0.2, -0.15) is 0 Å². The molecule has 3 heteroatoms. The molecule has 0 radical (unpaired) electrons. The molecule has 0 saturated carbocycles. The second kappa shape index (κ2) is 6.57. The third-order valence-electron chi connectivity index (χ3n) is 3.90. The lowest BCUT2D eigenvalue weighted by Crippen LogP contribution is -2.14. The van der Waals surface area contributed by atoms with Gasteiger partial charge in [0.05, 0.1) is 10.1 Å². The minimum Gasteiger partial charge on any atom is -0.268 e. The third kappa shape index (κ3) is 2.98. The number of aromatic nitrogens is 1. The van der Waals surface area contributed by atoms with Crippen molar-refractivity contribution in [2.45, 2.75) is 59.9 Å². The lowest BCUT2D eigenvalue weighted by Gasteiger charge is -2.05. The van der Waals surface area contributed by atoms with Crippen LogP contribution in [0.25, 0.3) is 10.1 Å². The van der Waals surface area contributed by atoms with E-state index in [9.17, 15) is 4.79 Å². The van der Waals surface area contributed by atoms with Gasteiger partial charge in [-0.3, -0.25) is 8.75 Å². The number of rotatable bonds is 6. The maximum Gasteiger partial charge on any atom is 0.268 e. The Bertz CT molecular complexity index is 636. The Morgan fingerprint density at radius 2 is 1.95 bits per heavy atom. The molecule has 0 atom stereocenters. The van der Waals surface area contributed by atoms with Gasteiger partial charge in [-0.15, -0.1) is 0 Å². The van der Waals surface area contributed by atoms with E-state index in [1.54, 1.807) is 11.5 Å². The van der Waals surface area contributed by atoms with Gasteiger partial charge in [0, 0.05) is 6.54 Å². The quantitative estimate of drug-likeness (QED) is 0.761. The van der Waals surface area contributed by atoms with Crippen LogP contribution in [0.5, 0.6) is 0 Å². The van der Waals surface area contributed by atoms with Crippen molar-refractivity contribution in [3.05, 3.63) is 33.6 Å². The predicted molar refractivity (Wildman–Crippen MR) is 88.9 cm³/mol. The molecule has 0 amide bonds. The van der Waals surface area contributed by atoms with Crippen LogP contribution in [0.4, 0.5) is 0 Å². The summed E-state index contributed by atoms with van der Waals surface area (Å²) in [5.74, 6) is 0.706. The van der Waals surface area contributed by atoms with E-state index >= 15 is 0 Å². The van der Waals surface area contributed by atoms with Crippen LogP contribution in [-0.4, -0.2) is 3.96 Å². The van der Waals surface area contributed by atoms with Crippen LogP contribution in [0.2, 0.25) is 0 Å². The maximum absolute atomic E-state index is 12.6. The number of fused-ring (bicyclic) bond motifs is 1. The number of nitrogens with zero attached hydrogens (tertiary/aromatic N) is 1. The van der Waals surface area contributed by atoms with Gasteiger partial charge >= 0.3 is 0 Å². The van der Waals surface area contributed by atoms with Crippen molar-refractivity contribution in [2.24, 2.45) is 5.92 Å². The summed E-state index contributed by atoms with van der Waals surface area (Å²) in [6.45, 7) is 9.63. The molecule has 1 heterocycles. The van der Waals surface area contributed by atoms with E-state index in [-0.39, 0.29) is 5.56 Å². The Balaban J connectivity index is 2.40. The fraction of sp³-hybridized carbons (Fsp3) is 0.588. The normalized spacial score (nSPS) is 11.7. The first-order valence-electron chi connectivity index (χ1n) is 7.73. The summed E-state index contributed by atoms with van der Waals surface area (Å²) in [4.78, 5) is 12.6. The van der Waals surface area contributed by atoms with Crippen LogP contribution in [-0.2, 0) is 19.4 Å². The molecule has 20 heavy (non-hydrogen) atoms. The molecule has 0 N–H and O–H groups in total. The largest absolute Gasteiger partial charge is 0.268 e. The summed E-state index contributed by atoms with van der Waals surface area (Å²) in [7, 11) is 0. The van der Waals surface area contributed by atoms with E-state index in [4.69, 9.17) is 0 Å². The molecular weight excluding hydrogens is 266 g/mol. The van der Waals surface area contributed by atoms with Crippen molar-refractivity contribution in [3.8, 4) is 0 Å². The maximum atomic E-state index is 12.6. The fourth-order valence-electron chi connectivity index (χ4n) is 2.79. The van der Waals surface area contributed by atoms with E-state index in [2.05, 4.69) is 39.8 Å². The van der Waals surface area contributed by atoms with Gasteiger partial charge in [0.1, 0.15) is 0 Å². The second-order valence-electron chi connectivity index (χ2n) is 5.82. The Morgan fingerprint density at radius 3 is 2.55 bits per heavy atom. The van der Waals surface area contributed by atoms with Gasteiger partial charge in [-0.25, -0.2) is 0 Å². The molecule has 1 aromatic heterocycles. The lowest BCUT2D eigenvalue weighted by molar-refractivity contribution is 0.521. The minimum atomic E-state index is 0.223. The van der Waals surface area contributed by atoms with Crippen LogP contribution in [0.1, 0.15) is 51.7 Å². The van der Waals surface area contributed by atoms with Gasteiger partial charge in [0.15, 0.2) is 0 Å². The molecule has 0 spiro atoms. The first-order chi connectivity index (χ1) is 9.58. The van der Waals surface area contributed by atoms with Crippen molar-refractivity contribution in [3.63, 3.8) is 0 Å². The molecule has 2 aromatic rings. The van der Waals surface area contributed by atoms with Gasteiger partial charge in [-0.05, 0) is 48.8 Å². The molecule has 0 bridgehead atoms. The predicted octanol–water partition coefficient (Wildman–Crippen LogP) is 4.62. The van der Waals surface area contributed by atoms with Crippen molar-refractivity contribution >= 4 is 21.6 Å². The van der Waals surface area contributed by atoms with E-state index < -0.39 is 0 Å². The zero-order valence-electron chi connectivity index (χ0n) is 13.0. The fourth-order valence-corrected chi connectivity index (χ4v) is 3.85. The average Bonchev–Trinajstić information content (AvgIpc) is 2.74. The smallest absolute Gasteiger partial charge is 0.268 e. The lowest BCUT2D eigenvalue weighted by atomic mass is 10.00. The van der Waals surface area contributed by atoms with Crippen LogP contribution in [0, 0.1) is 5.92 Å². The zero-order chi connectivity index (χ0) is 14.7. The van der Waals surface area contributed by atoms with E-state index in [1.807, 2.05) is 3.96 Å². The SMILES string of the molecule is CCc1ccc2sn(CCCC(C)C)c(=O)c2c1CC. The first kappa shape index (κ1) is 15.3. The number of hydrogen-bond acceptors (Lipinski definition) is 2. The summed E-state index contributed by atoms with van der Waals surface area (Å²) in [6, 6.07) is 4.31. The monoisotopic (exact) mass is 291 g/mol. The highest BCUT2D eigenvalue weighted by Gasteiger charge is 2.13. The van der Waals surface area contributed by atoms with Gasteiger partial charge in [0.25, 0.3) is 5.56 Å². The molecule has 0 aliphatic heterocycles. The molecule has 0 fully saturated rings. The van der Waals surface area contributed by atoms with Crippen molar-refractivity contribution < 1.29 is 0 Å². The van der Waals surface area contributed by atoms with Gasteiger partial charge in [0.2, 0.25) is 0 Å². The summed E-state index contributed by atoms with van der Waals surface area (Å²) in [5, 5.41) is 0.974. The molecule has 110 valence electrons. The Hall–Kier alpha value is -1.09. The molecular formula is C17H25NOS. The number of benzene rings is 1. The zero-order valence-corrected chi connectivity index (χ0v) is 13.8. The summed E-state index contributed by atoms with van der Waals surface area (Å²) >= 11 is 1.63. The van der Waals surface area contributed by atoms with Gasteiger partial charge < -0.3 is 0 Å². The third-order valence-corrected chi connectivity index (χ3v) is 5.00. The summed E-state index contributed by atoms with van der Waals surface area (Å²) < 4.78 is 3.10. The summed E-state index contributed by atoms with van der Waals surface area (Å²) in [6.07, 6.45) is 4.22.